The van der Waals surface area contributed by atoms with Crippen LogP contribution in [-0.2, 0) is 42.8 Å². The molecule has 262 valence electrons. The molecule has 48 heavy (non-hydrogen) atoms. The van der Waals surface area contributed by atoms with E-state index in [9.17, 15) is 18.0 Å². The molecule has 10 nitrogen and oxygen atoms in total. The monoisotopic (exact) mass is 684 g/mol. The third-order valence-corrected chi connectivity index (χ3v) is 9.01. The van der Waals surface area contributed by atoms with Crippen molar-refractivity contribution in [2.75, 3.05) is 11.4 Å². The highest BCUT2D eigenvalue weighted by atomic mass is 32.2. The topological polar surface area (TPSA) is 119 Å². The molecule has 3 rings (SSSR count). The summed E-state index contributed by atoms with van der Waals surface area (Å²) in [4.78, 5) is 35.7. The van der Waals surface area contributed by atoms with Crippen LogP contribution in [0.2, 0.25) is 0 Å². The average molecular weight is 685 g/mol. The standard InChI is InChI=1S/C36H49FN4O6S/c1-10-11-20-36(8,9)27-19-18-26(29(37)22-27)23-40(48(44,45)31-17-12-13-21-38-31)24-28-15-14-16-30(39-28)41(33(43)47-35(5,6)7)25-32(42)46-34(2,3)4/h12-19,21-22H,10-11,20,23-25H2,1-9H3. The Kier molecular flexibility index (Phi) is 12.5. The smallest absolute Gasteiger partial charge is 0.416 e. The molecule has 0 saturated heterocycles. The van der Waals surface area contributed by atoms with Gasteiger partial charge in [0.2, 0.25) is 0 Å². The predicted molar refractivity (Wildman–Crippen MR) is 183 cm³/mol. The molecule has 1 aromatic carbocycles. The van der Waals surface area contributed by atoms with Gasteiger partial charge in [-0.25, -0.2) is 27.6 Å². The lowest BCUT2D eigenvalue weighted by Crippen LogP contribution is -2.42. The van der Waals surface area contributed by atoms with Gasteiger partial charge in [-0.2, -0.15) is 4.31 Å². The number of amides is 1. The maximum absolute atomic E-state index is 15.7. The SMILES string of the molecule is CCCCC(C)(C)c1ccc(CN(Cc2cccc(N(CC(=O)OC(C)(C)C)C(=O)OC(C)(C)C)n2)S(=O)(=O)c2ccccn2)c(F)c1. The molecule has 0 fully saturated rings. The number of rotatable bonds is 13. The summed E-state index contributed by atoms with van der Waals surface area (Å²) < 4.78 is 55.6. The fourth-order valence-corrected chi connectivity index (χ4v) is 6.17. The highest BCUT2D eigenvalue weighted by Gasteiger charge is 2.31. The molecule has 0 unspecified atom stereocenters. The van der Waals surface area contributed by atoms with E-state index in [2.05, 4.69) is 30.7 Å². The molecule has 3 aromatic rings. The Bertz CT molecular complexity index is 1670. The molecule has 0 aliphatic rings. The summed E-state index contributed by atoms with van der Waals surface area (Å²) in [6.07, 6.45) is 3.45. The molecular formula is C36H49FN4O6S. The van der Waals surface area contributed by atoms with Crippen LogP contribution >= 0.6 is 0 Å². The summed E-state index contributed by atoms with van der Waals surface area (Å²) in [7, 11) is -4.24. The van der Waals surface area contributed by atoms with E-state index in [1.807, 2.05) is 6.07 Å². The number of anilines is 1. The van der Waals surface area contributed by atoms with Crippen LogP contribution in [0.25, 0.3) is 0 Å². The number of halogens is 1. The minimum absolute atomic E-state index is 0.0487. The number of nitrogens with zero attached hydrogens (tertiary/aromatic N) is 4. The number of carbonyl (C=O) groups is 2. The van der Waals surface area contributed by atoms with Crippen LogP contribution in [0.3, 0.4) is 0 Å². The zero-order valence-electron chi connectivity index (χ0n) is 29.5. The molecular weight excluding hydrogens is 635 g/mol. The zero-order valence-corrected chi connectivity index (χ0v) is 30.4. The van der Waals surface area contributed by atoms with Crippen molar-refractivity contribution < 1.29 is 31.9 Å². The number of hydrogen-bond donors (Lipinski definition) is 0. The fraction of sp³-hybridized carbons (Fsp3) is 0.500. The maximum Gasteiger partial charge on any atom is 0.416 e. The van der Waals surface area contributed by atoms with Crippen molar-refractivity contribution in [3.63, 3.8) is 0 Å². The maximum atomic E-state index is 15.7. The molecule has 0 bridgehead atoms. The van der Waals surface area contributed by atoms with E-state index in [4.69, 9.17) is 9.47 Å². The van der Waals surface area contributed by atoms with Crippen molar-refractivity contribution in [2.24, 2.45) is 0 Å². The first-order chi connectivity index (χ1) is 22.2. The molecule has 0 saturated carbocycles. The largest absolute Gasteiger partial charge is 0.459 e. The second-order valence-corrected chi connectivity index (χ2v) is 16.3. The second kappa shape index (κ2) is 15.5. The number of pyridine rings is 2. The lowest BCUT2D eigenvalue weighted by atomic mass is 9.80. The van der Waals surface area contributed by atoms with Crippen molar-refractivity contribution >= 4 is 27.9 Å². The van der Waals surface area contributed by atoms with E-state index in [0.717, 1.165) is 34.0 Å². The zero-order chi connectivity index (χ0) is 35.9. The fourth-order valence-electron chi connectivity index (χ4n) is 4.85. The summed E-state index contributed by atoms with van der Waals surface area (Å²) >= 11 is 0. The van der Waals surface area contributed by atoms with Gasteiger partial charge in [0.05, 0.1) is 12.2 Å². The molecule has 0 radical (unpaired) electrons. The number of aromatic nitrogens is 2. The van der Waals surface area contributed by atoms with Gasteiger partial charge >= 0.3 is 12.1 Å². The van der Waals surface area contributed by atoms with E-state index in [0.29, 0.717) is 0 Å². The van der Waals surface area contributed by atoms with Crippen LogP contribution in [0, 0.1) is 5.82 Å². The summed E-state index contributed by atoms with van der Waals surface area (Å²) in [5, 5.41) is -0.209. The number of carbonyl (C=O) groups excluding carboxylic acids is 2. The average Bonchev–Trinajstić information content (AvgIpc) is 2.98. The van der Waals surface area contributed by atoms with Crippen molar-refractivity contribution in [3.05, 3.63) is 83.4 Å². The van der Waals surface area contributed by atoms with E-state index in [1.54, 1.807) is 71.9 Å². The van der Waals surface area contributed by atoms with Gasteiger partial charge in [-0.1, -0.05) is 57.9 Å². The number of unbranched alkanes of at least 4 members (excludes halogenated alkanes) is 1. The van der Waals surface area contributed by atoms with Crippen molar-refractivity contribution in [3.8, 4) is 0 Å². The van der Waals surface area contributed by atoms with Gasteiger partial charge in [-0.15, -0.1) is 0 Å². The van der Waals surface area contributed by atoms with Gasteiger partial charge in [-0.05, 0) is 89.3 Å². The summed E-state index contributed by atoms with van der Waals surface area (Å²) in [6.45, 7) is 15.4. The van der Waals surface area contributed by atoms with Gasteiger partial charge in [0, 0.05) is 18.3 Å². The Morgan fingerprint density at radius 2 is 1.56 bits per heavy atom. The molecule has 1 amide bonds. The highest BCUT2D eigenvalue weighted by molar-refractivity contribution is 7.89. The number of ether oxygens (including phenoxy) is 2. The first-order valence-corrected chi connectivity index (χ1v) is 17.5. The molecule has 2 aromatic heterocycles. The Morgan fingerprint density at radius 3 is 2.15 bits per heavy atom. The van der Waals surface area contributed by atoms with E-state index >= 15 is 4.39 Å². The van der Waals surface area contributed by atoms with Gasteiger partial charge < -0.3 is 9.47 Å². The van der Waals surface area contributed by atoms with Crippen molar-refractivity contribution in [2.45, 2.75) is 116 Å². The van der Waals surface area contributed by atoms with Crippen LogP contribution in [-0.4, -0.2) is 52.5 Å². The first kappa shape index (κ1) is 38.5. The van der Waals surface area contributed by atoms with Crippen LogP contribution in [0.15, 0.2) is 65.8 Å². The van der Waals surface area contributed by atoms with Crippen LogP contribution in [0.4, 0.5) is 15.0 Å². The van der Waals surface area contributed by atoms with Gasteiger partial charge in [0.1, 0.15) is 29.4 Å². The number of hydrogen-bond acceptors (Lipinski definition) is 8. The van der Waals surface area contributed by atoms with Crippen molar-refractivity contribution in [1.29, 1.82) is 0 Å². The van der Waals surface area contributed by atoms with Gasteiger partial charge in [-0.3, -0.25) is 9.69 Å². The van der Waals surface area contributed by atoms with Gasteiger partial charge in [0.15, 0.2) is 5.03 Å². The number of benzene rings is 1. The second-order valence-electron chi connectivity index (χ2n) is 14.4. The van der Waals surface area contributed by atoms with Crippen LogP contribution < -0.4 is 4.90 Å². The third-order valence-electron chi connectivity index (χ3n) is 7.31. The number of sulfonamides is 1. The third kappa shape index (κ3) is 11.1. The number of esters is 1. The highest BCUT2D eigenvalue weighted by Crippen LogP contribution is 2.31. The lowest BCUT2D eigenvalue weighted by molar-refractivity contribution is -0.153. The van der Waals surface area contributed by atoms with Crippen LogP contribution in [0.1, 0.15) is 98.4 Å². The van der Waals surface area contributed by atoms with Crippen LogP contribution in [0.5, 0.6) is 0 Å². The minimum Gasteiger partial charge on any atom is -0.459 e. The van der Waals surface area contributed by atoms with Gasteiger partial charge in [0.25, 0.3) is 10.0 Å². The Labute approximate surface area is 284 Å². The quantitative estimate of drug-likeness (QED) is 0.169. The first-order valence-electron chi connectivity index (χ1n) is 16.1. The molecule has 0 atom stereocenters. The molecule has 12 heteroatoms. The van der Waals surface area contributed by atoms with Crippen molar-refractivity contribution in [1.82, 2.24) is 14.3 Å². The minimum atomic E-state index is -4.24. The Hall–Kier alpha value is -3.90. The molecule has 0 N–H and O–H groups in total. The Balaban J connectivity index is 2.02. The summed E-state index contributed by atoms with van der Waals surface area (Å²) in [5.41, 5.74) is -0.676. The van der Waals surface area contributed by atoms with E-state index in [1.165, 1.54) is 24.4 Å². The summed E-state index contributed by atoms with van der Waals surface area (Å²) in [6, 6.07) is 14.1. The molecule has 0 spiro atoms. The molecule has 2 heterocycles. The predicted octanol–water partition coefficient (Wildman–Crippen LogP) is 7.56. The molecule has 0 aliphatic heterocycles. The summed E-state index contributed by atoms with van der Waals surface area (Å²) in [5.74, 6) is -1.15. The molecule has 0 aliphatic carbocycles. The lowest BCUT2D eigenvalue weighted by Gasteiger charge is -2.28. The normalized spacial score (nSPS) is 12.6. The van der Waals surface area contributed by atoms with E-state index in [-0.39, 0.29) is 40.6 Å². The Morgan fingerprint density at radius 1 is 0.875 bits per heavy atom. The van der Waals surface area contributed by atoms with E-state index < -0.39 is 45.6 Å².